The number of aromatic hydroxyl groups is 1. The minimum Gasteiger partial charge on any atom is -0.508 e. The first-order valence-corrected chi connectivity index (χ1v) is 9.62. The molecule has 136 valence electrons. The largest absolute Gasteiger partial charge is 0.508 e. The fourth-order valence-corrected chi connectivity index (χ4v) is 3.77. The van der Waals surface area contributed by atoms with Gasteiger partial charge in [0.05, 0.1) is 5.52 Å². The maximum absolute atomic E-state index is 10.2. The number of phenols is 1. The maximum Gasteiger partial charge on any atom is 0.177 e. The molecule has 0 bridgehead atoms. The standard InChI is InChI=1S/C21H26N4O/c1-2-20-24-19-12-16(13-23-21(19)25-20)15-9-14(10-18(26)11-15)6-7-17-5-3-4-8-22-17/h9-13,17,22,26H,2-8H2,1H3,(H,23,24,25)/t17-/m0/s1. The van der Waals surface area contributed by atoms with E-state index in [4.69, 9.17) is 0 Å². The third-order valence-electron chi connectivity index (χ3n) is 5.23. The Kier molecular flexibility index (Phi) is 4.89. The fraction of sp³-hybridized carbons (Fsp3) is 0.429. The Balaban J connectivity index is 1.56. The van der Waals surface area contributed by atoms with Crippen LogP contribution in [0.1, 0.15) is 44.0 Å². The monoisotopic (exact) mass is 350 g/mol. The summed E-state index contributed by atoms with van der Waals surface area (Å²) in [6, 6.07) is 8.52. The van der Waals surface area contributed by atoms with E-state index in [9.17, 15) is 5.11 Å². The molecule has 3 N–H and O–H groups in total. The number of hydrogen-bond donors (Lipinski definition) is 3. The molecule has 0 amide bonds. The van der Waals surface area contributed by atoms with Gasteiger partial charge in [0.2, 0.25) is 0 Å². The lowest BCUT2D eigenvalue weighted by atomic mass is 9.96. The van der Waals surface area contributed by atoms with E-state index in [1.807, 2.05) is 18.3 Å². The zero-order chi connectivity index (χ0) is 17.9. The molecule has 2 aromatic heterocycles. The Hall–Kier alpha value is -2.40. The van der Waals surface area contributed by atoms with Crippen LogP contribution in [0, 0.1) is 0 Å². The molecule has 26 heavy (non-hydrogen) atoms. The average molecular weight is 350 g/mol. The molecule has 0 unspecified atom stereocenters. The third kappa shape index (κ3) is 3.73. The van der Waals surface area contributed by atoms with Crippen LogP contribution < -0.4 is 5.32 Å². The molecule has 1 saturated heterocycles. The molecule has 4 rings (SSSR count). The van der Waals surface area contributed by atoms with E-state index < -0.39 is 0 Å². The number of fused-ring (bicyclic) bond motifs is 1. The van der Waals surface area contributed by atoms with E-state index in [2.05, 4.69) is 39.3 Å². The van der Waals surface area contributed by atoms with Crippen LogP contribution in [0.2, 0.25) is 0 Å². The molecule has 1 atom stereocenters. The van der Waals surface area contributed by atoms with Crippen molar-refractivity contribution in [3.63, 3.8) is 0 Å². The van der Waals surface area contributed by atoms with Crippen LogP contribution in [0.5, 0.6) is 5.75 Å². The van der Waals surface area contributed by atoms with Crippen molar-refractivity contribution in [1.29, 1.82) is 0 Å². The maximum atomic E-state index is 10.2. The van der Waals surface area contributed by atoms with E-state index in [0.717, 1.165) is 53.9 Å². The number of phenolic OH excluding ortho intramolecular Hbond substituents is 1. The van der Waals surface area contributed by atoms with Crippen molar-refractivity contribution in [3.8, 4) is 16.9 Å². The Morgan fingerprint density at radius 2 is 2.08 bits per heavy atom. The van der Waals surface area contributed by atoms with Gasteiger partial charge in [0.25, 0.3) is 0 Å². The minimum absolute atomic E-state index is 0.313. The van der Waals surface area contributed by atoms with Crippen molar-refractivity contribution in [1.82, 2.24) is 20.3 Å². The smallest absolute Gasteiger partial charge is 0.177 e. The number of pyridine rings is 1. The summed E-state index contributed by atoms with van der Waals surface area (Å²) in [5, 5.41) is 13.8. The predicted octanol–water partition coefficient (Wildman–Crippen LogP) is 3.97. The van der Waals surface area contributed by atoms with E-state index >= 15 is 0 Å². The van der Waals surface area contributed by atoms with Gasteiger partial charge in [-0.25, -0.2) is 9.97 Å². The topological polar surface area (TPSA) is 73.8 Å². The molecule has 0 radical (unpaired) electrons. The van der Waals surface area contributed by atoms with Gasteiger partial charge in [-0.15, -0.1) is 0 Å². The highest BCUT2D eigenvalue weighted by atomic mass is 16.3. The molecule has 5 nitrogen and oxygen atoms in total. The molecule has 1 aliphatic rings. The lowest BCUT2D eigenvalue weighted by Crippen LogP contribution is -2.34. The summed E-state index contributed by atoms with van der Waals surface area (Å²) >= 11 is 0. The second-order valence-electron chi connectivity index (χ2n) is 7.21. The number of piperidine rings is 1. The van der Waals surface area contributed by atoms with Crippen LogP contribution in [0.25, 0.3) is 22.3 Å². The molecule has 5 heteroatoms. The first-order chi connectivity index (χ1) is 12.7. The van der Waals surface area contributed by atoms with Gasteiger partial charge in [-0.2, -0.15) is 0 Å². The number of aromatic amines is 1. The van der Waals surface area contributed by atoms with Gasteiger partial charge < -0.3 is 15.4 Å². The summed E-state index contributed by atoms with van der Waals surface area (Å²) in [5.74, 6) is 1.26. The molecule has 0 aliphatic carbocycles. The summed E-state index contributed by atoms with van der Waals surface area (Å²) in [6.07, 6.45) is 8.64. The Morgan fingerprint density at radius 3 is 2.88 bits per heavy atom. The average Bonchev–Trinajstić information content (AvgIpc) is 3.09. The number of aromatic nitrogens is 3. The van der Waals surface area contributed by atoms with E-state index in [1.165, 1.54) is 24.8 Å². The highest BCUT2D eigenvalue weighted by molar-refractivity contribution is 5.78. The third-order valence-corrected chi connectivity index (χ3v) is 5.23. The SMILES string of the molecule is CCc1nc2ncc(-c3cc(O)cc(CC[C@@H]4CCCCN4)c3)cc2[nH]1. The number of benzene rings is 1. The minimum atomic E-state index is 0.313. The summed E-state index contributed by atoms with van der Waals surface area (Å²) < 4.78 is 0. The molecular formula is C21H26N4O. The normalized spacial score (nSPS) is 17.7. The highest BCUT2D eigenvalue weighted by Crippen LogP contribution is 2.28. The summed E-state index contributed by atoms with van der Waals surface area (Å²) in [7, 11) is 0. The van der Waals surface area contributed by atoms with E-state index in [-0.39, 0.29) is 0 Å². The van der Waals surface area contributed by atoms with Crippen LogP contribution in [0.15, 0.2) is 30.5 Å². The first kappa shape index (κ1) is 17.0. The number of rotatable bonds is 5. The number of aryl methyl sites for hydroxylation is 2. The molecule has 1 aromatic carbocycles. The van der Waals surface area contributed by atoms with Crippen molar-refractivity contribution in [3.05, 3.63) is 41.9 Å². The molecule has 3 aromatic rings. The number of imidazole rings is 1. The van der Waals surface area contributed by atoms with Crippen molar-refractivity contribution >= 4 is 11.2 Å². The van der Waals surface area contributed by atoms with Gasteiger partial charge in [-0.05, 0) is 61.6 Å². The molecular weight excluding hydrogens is 324 g/mol. The lowest BCUT2D eigenvalue weighted by molar-refractivity contribution is 0.382. The Morgan fingerprint density at radius 1 is 1.15 bits per heavy atom. The number of hydrogen-bond acceptors (Lipinski definition) is 4. The van der Waals surface area contributed by atoms with Crippen LogP contribution in [-0.4, -0.2) is 32.6 Å². The summed E-state index contributed by atoms with van der Waals surface area (Å²) in [4.78, 5) is 12.2. The van der Waals surface area contributed by atoms with E-state index in [1.54, 1.807) is 0 Å². The molecule has 1 fully saturated rings. The van der Waals surface area contributed by atoms with Crippen molar-refractivity contribution in [2.75, 3.05) is 6.54 Å². The Labute approximate surface area is 153 Å². The molecule has 0 saturated carbocycles. The van der Waals surface area contributed by atoms with Crippen LogP contribution >= 0.6 is 0 Å². The fourth-order valence-electron chi connectivity index (χ4n) is 3.77. The lowest BCUT2D eigenvalue weighted by Gasteiger charge is -2.23. The van der Waals surface area contributed by atoms with Gasteiger partial charge in [0, 0.05) is 24.2 Å². The van der Waals surface area contributed by atoms with Gasteiger partial charge in [-0.1, -0.05) is 19.4 Å². The summed E-state index contributed by atoms with van der Waals surface area (Å²) in [5.41, 5.74) is 4.85. The number of H-pyrrole nitrogens is 1. The van der Waals surface area contributed by atoms with Gasteiger partial charge in [0.15, 0.2) is 5.65 Å². The quantitative estimate of drug-likeness (QED) is 0.651. The van der Waals surface area contributed by atoms with Gasteiger partial charge >= 0.3 is 0 Å². The van der Waals surface area contributed by atoms with Crippen molar-refractivity contribution < 1.29 is 5.11 Å². The number of nitrogens with one attached hydrogen (secondary N) is 2. The second-order valence-corrected chi connectivity index (χ2v) is 7.21. The Bertz CT molecular complexity index is 896. The number of nitrogens with zero attached hydrogens (tertiary/aromatic N) is 2. The van der Waals surface area contributed by atoms with Gasteiger partial charge in [0.1, 0.15) is 11.6 Å². The van der Waals surface area contributed by atoms with E-state index in [0.29, 0.717) is 11.8 Å². The predicted molar refractivity (Wildman–Crippen MR) is 104 cm³/mol. The van der Waals surface area contributed by atoms with Crippen LogP contribution in [0.4, 0.5) is 0 Å². The summed E-state index contributed by atoms with van der Waals surface area (Å²) in [6.45, 7) is 3.20. The first-order valence-electron chi connectivity index (χ1n) is 9.62. The zero-order valence-electron chi connectivity index (χ0n) is 15.3. The molecule has 0 spiro atoms. The van der Waals surface area contributed by atoms with Crippen LogP contribution in [-0.2, 0) is 12.8 Å². The molecule has 3 heterocycles. The van der Waals surface area contributed by atoms with Crippen molar-refractivity contribution in [2.24, 2.45) is 0 Å². The zero-order valence-corrected chi connectivity index (χ0v) is 15.3. The second kappa shape index (κ2) is 7.46. The van der Waals surface area contributed by atoms with Crippen LogP contribution in [0.3, 0.4) is 0 Å². The molecule has 1 aliphatic heterocycles. The van der Waals surface area contributed by atoms with Gasteiger partial charge in [-0.3, -0.25) is 0 Å². The van der Waals surface area contributed by atoms with Crippen molar-refractivity contribution in [2.45, 2.75) is 51.5 Å². The highest BCUT2D eigenvalue weighted by Gasteiger charge is 2.13.